The predicted molar refractivity (Wildman–Crippen MR) is 204 cm³/mol. The number of carbonyl (C=O) groups excluding carboxylic acids is 1. The van der Waals surface area contributed by atoms with Crippen LogP contribution in [0, 0.1) is 23.2 Å². The quantitative estimate of drug-likeness (QED) is 0.0344. The van der Waals surface area contributed by atoms with Crippen molar-refractivity contribution in [3.63, 3.8) is 0 Å². The minimum atomic E-state index is -0.238. The molecule has 0 aromatic carbocycles. The smallest absolute Gasteiger partial charge is 0.318 e. The molecule has 6 nitrogen and oxygen atoms in total. The van der Waals surface area contributed by atoms with Crippen LogP contribution < -0.4 is 9.64 Å². The molecule has 47 heavy (non-hydrogen) atoms. The predicted octanol–water partition coefficient (Wildman–Crippen LogP) is 8.80. The largest absolute Gasteiger partial charge is 0.463 e. The van der Waals surface area contributed by atoms with Crippen LogP contribution in [0.2, 0.25) is 0 Å². The van der Waals surface area contributed by atoms with E-state index in [1.165, 1.54) is 17.2 Å². The van der Waals surface area contributed by atoms with Crippen LogP contribution in [-0.4, -0.2) is 44.4 Å². The van der Waals surface area contributed by atoms with Crippen molar-refractivity contribution >= 4 is 27.1 Å². The highest BCUT2D eigenvalue weighted by Gasteiger charge is 2.22. The van der Waals surface area contributed by atoms with Gasteiger partial charge < -0.3 is 9.64 Å². The zero-order chi connectivity index (χ0) is 35.2. The molecule has 0 amide bonds. The van der Waals surface area contributed by atoms with Crippen molar-refractivity contribution in [3.05, 3.63) is 83.8 Å². The van der Waals surface area contributed by atoms with Crippen molar-refractivity contribution in [2.75, 3.05) is 18.1 Å². The number of hydrogen-bond acceptors (Lipinski definition) is 6. The molecule has 256 valence electrons. The fourth-order valence-corrected chi connectivity index (χ4v) is 6.13. The van der Waals surface area contributed by atoms with Crippen LogP contribution in [-0.2, 0) is 17.6 Å². The fourth-order valence-electron chi connectivity index (χ4n) is 5.66. The van der Waals surface area contributed by atoms with Crippen LogP contribution >= 0.6 is 0 Å². The SMILES string of the molecule is C=CC[C@@H](CCCC)COc1nc(CC)c(CCCCC(=C/C)/C(C)=C\C(=C)C)c(N(/C=C(\C)CC#N)CCC(C=[SiH2])C(=O)C=C)n1. The van der Waals surface area contributed by atoms with Crippen LogP contribution in [0.4, 0.5) is 5.82 Å². The summed E-state index contributed by atoms with van der Waals surface area (Å²) in [6.45, 7) is 25.3. The number of nitrogens with zero attached hydrogens (tertiary/aromatic N) is 4. The van der Waals surface area contributed by atoms with Crippen LogP contribution in [0.5, 0.6) is 6.01 Å². The molecule has 0 saturated heterocycles. The third-order valence-corrected chi connectivity index (χ3v) is 8.85. The van der Waals surface area contributed by atoms with Gasteiger partial charge in [-0.2, -0.15) is 15.2 Å². The summed E-state index contributed by atoms with van der Waals surface area (Å²) < 4.78 is 6.33. The van der Waals surface area contributed by atoms with Crippen LogP contribution in [0.25, 0.3) is 0 Å². The summed E-state index contributed by atoms with van der Waals surface area (Å²) in [5.41, 5.74) is 8.61. The van der Waals surface area contributed by atoms with E-state index in [2.05, 4.69) is 70.6 Å². The van der Waals surface area contributed by atoms with Gasteiger partial charge in [-0.15, -0.1) is 6.58 Å². The Kier molecular flexibility index (Phi) is 20.8. The summed E-state index contributed by atoms with van der Waals surface area (Å²) in [5.74, 6) is 0.923. The van der Waals surface area contributed by atoms with Crippen LogP contribution in [0.15, 0.2) is 72.5 Å². The molecule has 0 aliphatic heterocycles. The van der Waals surface area contributed by atoms with Gasteiger partial charge in [-0.25, -0.2) is 0 Å². The maximum atomic E-state index is 12.6. The van der Waals surface area contributed by atoms with E-state index in [0.29, 0.717) is 37.9 Å². The lowest BCUT2D eigenvalue weighted by Crippen LogP contribution is -2.27. The van der Waals surface area contributed by atoms with Gasteiger partial charge in [0.05, 0.1) is 24.8 Å². The lowest BCUT2D eigenvalue weighted by Gasteiger charge is -2.26. The standard InChI is InChI=1S/C40H60N4O2Si/c1-10-15-19-33(18-11-2)28-46-40-42-37(13-4)36(21-17-16-20-34(12-3)32(9)26-30(6)7)39(43-40)44(27-31(8)22-24-41)25-23-35(29-47)38(45)14-5/h11-12,14,26-27,29,33,35H,2,5-6,10,13,15-23,25,28,47H2,1,3-4,7-9H3/b31-27+,32-26-,34-12-/t33-,35?/m0/s1. The number of unbranched alkanes of at least 4 members (excludes halogenated alkanes) is 2. The molecule has 0 bridgehead atoms. The molecular weight excluding hydrogens is 597 g/mol. The first kappa shape index (κ1) is 41.4. The van der Waals surface area contributed by atoms with E-state index in [-0.39, 0.29) is 11.7 Å². The number of hydrogen-bond donors (Lipinski definition) is 0. The summed E-state index contributed by atoms with van der Waals surface area (Å²) in [6.07, 6.45) is 19.4. The Morgan fingerprint density at radius 2 is 1.87 bits per heavy atom. The molecule has 0 aliphatic rings. The summed E-state index contributed by atoms with van der Waals surface area (Å²) in [5, 5.41) is 9.45. The molecule has 7 heteroatoms. The molecule has 0 N–H and O–H groups in total. The van der Waals surface area contributed by atoms with E-state index >= 15 is 0 Å². The average Bonchev–Trinajstić information content (AvgIpc) is 3.05. The third-order valence-electron chi connectivity index (χ3n) is 8.28. The van der Waals surface area contributed by atoms with E-state index in [9.17, 15) is 10.1 Å². The van der Waals surface area contributed by atoms with Crippen LogP contribution in [0.3, 0.4) is 0 Å². The van der Waals surface area contributed by atoms with Gasteiger partial charge in [-0.1, -0.05) is 69.3 Å². The highest BCUT2D eigenvalue weighted by Crippen LogP contribution is 2.29. The van der Waals surface area contributed by atoms with Crippen molar-refractivity contribution in [1.29, 1.82) is 5.26 Å². The number of carbonyl (C=O) groups is 1. The number of ether oxygens (including phenoxy) is 1. The van der Waals surface area contributed by atoms with Gasteiger partial charge >= 0.3 is 6.01 Å². The number of ketones is 1. The Labute approximate surface area is 289 Å². The van der Waals surface area contributed by atoms with Gasteiger partial charge in [0.15, 0.2) is 5.78 Å². The lowest BCUT2D eigenvalue weighted by atomic mass is 9.97. The van der Waals surface area contributed by atoms with E-state index < -0.39 is 0 Å². The van der Waals surface area contributed by atoms with Crippen molar-refractivity contribution < 1.29 is 9.53 Å². The zero-order valence-corrected chi connectivity index (χ0v) is 31.7. The molecule has 0 spiro atoms. The summed E-state index contributed by atoms with van der Waals surface area (Å²) in [4.78, 5) is 24.7. The van der Waals surface area contributed by atoms with E-state index in [1.807, 2.05) is 31.8 Å². The van der Waals surface area contributed by atoms with Gasteiger partial charge in [0.25, 0.3) is 0 Å². The second-order valence-electron chi connectivity index (χ2n) is 12.4. The minimum Gasteiger partial charge on any atom is -0.463 e. The fraction of sp³-hybridized carbons (Fsp3) is 0.525. The third kappa shape index (κ3) is 15.2. The highest BCUT2D eigenvalue weighted by molar-refractivity contribution is 6.32. The first-order chi connectivity index (χ1) is 22.6. The molecule has 1 heterocycles. The van der Waals surface area contributed by atoms with Gasteiger partial charge in [0, 0.05) is 24.2 Å². The molecule has 2 atom stereocenters. The van der Waals surface area contributed by atoms with Gasteiger partial charge in [-0.05, 0) is 118 Å². The zero-order valence-electron chi connectivity index (χ0n) is 30.2. The van der Waals surface area contributed by atoms with E-state index in [1.54, 1.807) is 9.85 Å². The molecule has 0 aliphatic carbocycles. The van der Waals surface area contributed by atoms with Crippen molar-refractivity contribution in [2.24, 2.45) is 11.8 Å². The second kappa shape index (κ2) is 23.7. The Hall–Kier alpha value is -3.63. The molecule has 1 aromatic rings. The first-order valence-electron chi connectivity index (χ1n) is 17.3. The Balaban J connectivity index is 3.60. The Morgan fingerprint density at radius 3 is 2.45 bits per heavy atom. The molecule has 0 radical (unpaired) electrons. The number of aromatic nitrogens is 2. The van der Waals surface area contributed by atoms with Gasteiger partial charge in [-0.3, -0.25) is 4.79 Å². The van der Waals surface area contributed by atoms with Gasteiger partial charge in [0.2, 0.25) is 0 Å². The molecule has 0 saturated carbocycles. The molecular formula is C40H60N4O2Si. The summed E-state index contributed by atoms with van der Waals surface area (Å²) in [6, 6.07) is 2.64. The topological polar surface area (TPSA) is 79.1 Å². The normalized spacial score (nSPS) is 13.3. The first-order valence-corrected chi connectivity index (χ1v) is 18.1. The monoisotopic (exact) mass is 656 g/mol. The minimum absolute atomic E-state index is 0.00923. The summed E-state index contributed by atoms with van der Waals surface area (Å²) in [7, 11) is 1.69. The number of nitriles is 1. The Morgan fingerprint density at radius 1 is 1.13 bits per heavy atom. The summed E-state index contributed by atoms with van der Waals surface area (Å²) >= 11 is 0. The second-order valence-corrected chi connectivity index (χ2v) is 12.9. The average molecular weight is 657 g/mol. The number of anilines is 1. The van der Waals surface area contributed by atoms with Crippen molar-refractivity contribution in [1.82, 2.24) is 9.97 Å². The van der Waals surface area contributed by atoms with Crippen molar-refractivity contribution in [2.45, 2.75) is 112 Å². The number of rotatable bonds is 25. The molecule has 0 fully saturated rings. The molecule has 1 unspecified atom stereocenters. The van der Waals surface area contributed by atoms with E-state index in [4.69, 9.17) is 14.7 Å². The lowest BCUT2D eigenvalue weighted by molar-refractivity contribution is -0.116. The van der Waals surface area contributed by atoms with Crippen LogP contribution in [0.1, 0.15) is 111 Å². The Bertz CT molecular complexity index is 1330. The maximum absolute atomic E-state index is 12.6. The maximum Gasteiger partial charge on any atom is 0.318 e. The number of aryl methyl sites for hydroxylation is 1. The van der Waals surface area contributed by atoms with Gasteiger partial charge in [0.1, 0.15) is 5.82 Å². The molecule has 1 aromatic heterocycles. The highest BCUT2D eigenvalue weighted by atomic mass is 28.1. The van der Waals surface area contributed by atoms with Crippen molar-refractivity contribution in [3.8, 4) is 12.1 Å². The molecule has 1 rings (SSSR count). The van der Waals surface area contributed by atoms with E-state index in [0.717, 1.165) is 86.0 Å². The number of allylic oxidation sites excluding steroid dienone is 8.